The van der Waals surface area contributed by atoms with E-state index in [1.165, 1.54) is 36.3 Å². The molecule has 0 aliphatic heterocycles. The molecular formula is C24H26FN5O4S. The smallest absolute Gasteiger partial charge is 0.273 e. The number of hydrogen-bond acceptors (Lipinski definition) is 7. The Kier molecular flexibility index (Phi) is 8.15. The van der Waals surface area contributed by atoms with Gasteiger partial charge in [0.1, 0.15) is 16.7 Å². The zero-order chi connectivity index (χ0) is 25.7. The van der Waals surface area contributed by atoms with Crippen LogP contribution in [0.5, 0.6) is 0 Å². The van der Waals surface area contributed by atoms with Crippen molar-refractivity contribution in [3.8, 4) is 0 Å². The van der Waals surface area contributed by atoms with Crippen LogP contribution in [0.25, 0.3) is 0 Å². The fraction of sp³-hybridized carbons (Fsp3) is 0.250. The summed E-state index contributed by atoms with van der Waals surface area (Å²) in [4.78, 5) is 40.4. The number of aryl methyl sites for hydroxylation is 2. The van der Waals surface area contributed by atoms with Crippen molar-refractivity contribution in [1.29, 1.82) is 0 Å². The van der Waals surface area contributed by atoms with Crippen LogP contribution in [0.2, 0.25) is 0 Å². The lowest BCUT2D eigenvalue weighted by Gasteiger charge is -2.32. The van der Waals surface area contributed by atoms with E-state index >= 15 is 0 Å². The molecule has 3 rings (SSSR count). The molecule has 3 aromatic rings. The molecule has 9 nitrogen and oxygen atoms in total. The number of nitrogens with two attached hydrogens (primary N) is 2. The fourth-order valence-corrected chi connectivity index (χ4v) is 4.26. The van der Waals surface area contributed by atoms with Crippen LogP contribution < -0.4 is 21.7 Å². The summed E-state index contributed by atoms with van der Waals surface area (Å²) in [6.07, 6.45) is 0. The van der Waals surface area contributed by atoms with Crippen molar-refractivity contribution in [2.45, 2.75) is 19.9 Å². The van der Waals surface area contributed by atoms with Gasteiger partial charge in [0.2, 0.25) is 5.91 Å². The third-order valence-electron chi connectivity index (χ3n) is 5.30. The maximum atomic E-state index is 14.0. The maximum Gasteiger partial charge on any atom is 0.273 e. The summed E-state index contributed by atoms with van der Waals surface area (Å²) < 4.78 is 22.7. The van der Waals surface area contributed by atoms with Crippen LogP contribution in [0.3, 0.4) is 0 Å². The van der Waals surface area contributed by atoms with Crippen molar-refractivity contribution in [2.24, 2.45) is 5.73 Å². The van der Waals surface area contributed by atoms with Gasteiger partial charge in [-0.1, -0.05) is 24.3 Å². The van der Waals surface area contributed by atoms with Gasteiger partial charge >= 0.3 is 0 Å². The monoisotopic (exact) mass is 499 g/mol. The van der Waals surface area contributed by atoms with E-state index < -0.39 is 29.6 Å². The van der Waals surface area contributed by atoms with E-state index in [0.29, 0.717) is 28.3 Å². The van der Waals surface area contributed by atoms with Crippen molar-refractivity contribution in [1.82, 2.24) is 9.69 Å². The number of carbonyl (C=O) groups excluding carboxylic acids is 3. The van der Waals surface area contributed by atoms with Crippen LogP contribution in [0.4, 0.5) is 15.8 Å². The molecule has 184 valence electrons. The number of nitrogens with zero attached hydrogens (tertiary/aromatic N) is 2. The Bertz CT molecular complexity index is 1250. The van der Waals surface area contributed by atoms with Gasteiger partial charge in [0.15, 0.2) is 5.69 Å². The van der Waals surface area contributed by atoms with Crippen molar-refractivity contribution >= 4 is 40.6 Å². The summed E-state index contributed by atoms with van der Waals surface area (Å²) >= 11 is 0.715. The number of anilines is 2. The number of rotatable bonds is 9. The van der Waals surface area contributed by atoms with E-state index in [9.17, 15) is 18.8 Å². The summed E-state index contributed by atoms with van der Waals surface area (Å²) in [7, 11) is 1.50. The first-order chi connectivity index (χ1) is 16.6. The summed E-state index contributed by atoms with van der Waals surface area (Å²) in [6.45, 7) is 4.09. The van der Waals surface area contributed by atoms with Gasteiger partial charge < -0.3 is 21.5 Å². The topological polar surface area (TPSA) is 141 Å². The second-order valence-corrected chi connectivity index (χ2v) is 8.61. The molecule has 0 aliphatic rings. The lowest BCUT2D eigenvalue weighted by atomic mass is 10.0. The van der Waals surface area contributed by atoms with Crippen molar-refractivity contribution in [3.63, 3.8) is 0 Å². The lowest BCUT2D eigenvalue weighted by Crippen LogP contribution is -2.45. The summed E-state index contributed by atoms with van der Waals surface area (Å²) in [5.74, 6) is -2.53. The first-order valence-corrected chi connectivity index (χ1v) is 11.4. The van der Waals surface area contributed by atoms with Gasteiger partial charge in [-0.05, 0) is 60.3 Å². The molecule has 2 aromatic carbocycles. The Morgan fingerprint density at radius 1 is 1.17 bits per heavy atom. The number of hydrogen-bond donors (Lipinski definition) is 3. The highest BCUT2D eigenvalue weighted by Crippen LogP contribution is 2.35. The van der Waals surface area contributed by atoms with Gasteiger partial charge in [0.05, 0.1) is 12.3 Å². The third kappa shape index (κ3) is 5.64. The van der Waals surface area contributed by atoms with Crippen LogP contribution in [0.1, 0.15) is 42.9 Å². The molecule has 35 heavy (non-hydrogen) atoms. The van der Waals surface area contributed by atoms with E-state index in [1.807, 2.05) is 19.1 Å². The van der Waals surface area contributed by atoms with Gasteiger partial charge in [-0.25, -0.2) is 4.39 Å². The van der Waals surface area contributed by atoms with Gasteiger partial charge in [-0.2, -0.15) is 4.37 Å². The van der Waals surface area contributed by atoms with Crippen molar-refractivity contribution in [2.75, 3.05) is 30.9 Å². The standard InChI is InChI=1S/C24H26FN5O4S/c1-13-4-5-14(2)17(12-13)30(24(33)21-18(26)19(22(27)31)29-35-21)20(23(32)28-10-11-34-3)15-6-8-16(25)9-7-15/h4-9,12,20H,10-11,26H2,1-3H3,(H2,27,31)(H,28,32). The number of primary amides is 1. The highest BCUT2D eigenvalue weighted by molar-refractivity contribution is 7.09. The number of aromatic nitrogens is 1. The molecule has 3 amide bonds. The molecule has 0 fully saturated rings. The third-order valence-corrected chi connectivity index (χ3v) is 6.15. The Hall–Kier alpha value is -3.83. The van der Waals surface area contributed by atoms with Gasteiger partial charge in [0, 0.05) is 19.3 Å². The predicted octanol–water partition coefficient (Wildman–Crippen LogP) is 2.73. The second-order valence-electron chi connectivity index (χ2n) is 7.84. The molecule has 1 aromatic heterocycles. The maximum absolute atomic E-state index is 14.0. The average Bonchev–Trinajstić information content (AvgIpc) is 3.21. The number of carbonyl (C=O) groups is 3. The van der Waals surface area contributed by atoms with E-state index in [-0.39, 0.29) is 29.4 Å². The highest BCUT2D eigenvalue weighted by atomic mass is 32.1. The van der Waals surface area contributed by atoms with Crippen LogP contribution in [0, 0.1) is 19.7 Å². The van der Waals surface area contributed by atoms with E-state index in [0.717, 1.165) is 5.56 Å². The zero-order valence-corrected chi connectivity index (χ0v) is 20.3. The molecule has 0 spiro atoms. The number of nitrogen functional groups attached to an aromatic ring is 1. The predicted molar refractivity (Wildman–Crippen MR) is 132 cm³/mol. The molecule has 11 heteroatoms. The van der Waals surface area contributed by atoms with E-state index in [4.69, 9.17) is 16.2 Å². The average molecular weight is 500 g/mol. The van der Waals surface area contributed by atoms with Gasteiger partial charge in [-0.3, -0.25) is 19.3 Å². The summed E-state index contributed by atoms with van der Waals surface area (Å²) in [5, 5.41) is 2.76. The number of amides is 3. The lowest BCUT2D eigenvalue weighted by molar-refractivity contribution is -0.122. The Morgan fingerprint density at radius 3 is 2.46 bits per heavy atom. The Labute approximate surface area is 206 Å². The minimum Gasteiger partial charge on any atom is -0.395 e. The first-order valence-electron chi connectivity index (χ1n) is 10.6. The van der Waals surface area contributed by atoms with Crippen LogP contribution in [-0.4, -0.2) is 42.4 Å². The second kappa shape index (κ2) is 11.1. The molecule has 1 heterocycles. The van der Waals surface area contributed by atoms with Crippen LogP contribution in [-0.2, 0) is 9.53 Å². The molecule has 1 atom stereocenters. The van der Waals surface area contributed by atoms with E-state index in [1.54, 1.807) is 13.0 Å². The van der Waals surface area contributed by atoms with Crippen molar-refractivity contribution < 1.29 is 23.5 Å². The molecule has 0 radical (unpaired) electrons. The normalized spacial score (nSPS) is 11.7. The zero-order valence-electron chi connectivity index (χ0n) is 19.5. The van der Waals surface area contributed by atoms with Gasteiger partial charge in [0.25, 0.3) is 11.8 Å². The largest absolute Gasteiger partial charge is 0.395 e. The Balaban J connectivity index is 2.23. The molecule has 1 unspecified atom stereocenters. The SMILES string of the molecule is COCCNC(=O)C(c1ccc(F)cc1)N(C(=O)c1snc(C(N)=O)c1N)c1cc(C)ccc1C. The van der Waals surface area contributed by atoms with Crippen molar-refractivity contribution in [3.05, 3.63) is 75.5 Å². The molecular weight excluding hydrogens is 473 g/mol. The minimum absolute atomic E-state index is 0.0449. The van der Waals surface area contributed by atoms with Gasteiger partial charge in [-0.15, -0.1) is 0 Å². The van der Waals surface area contributed by atoms with E-state index in [2.05, 4.69) is 9.69 Å². The Morgan fingerprint density at radius 2 is 1.86 bits per heavy atom. The number of halogens is 1. The highest BCUT2D eigenvalue weighted by Gasteiger charge is 2.36. The fourth-order valence-electron chi connectivity index (χ4n) is 3.52. The molecule has 0 bridgehead atoms. The van der Waals surface area contributed by atoms with Crippen LogP contribution in [0.15, 0.2) is 42.5 Å². The first kappa shape index (κ1) is 25.8. The molecule has 5 N–H and O–H groups in total. The summed E-state index contributed by atoms with van der Waals surface area (Å²) in [5.41, 5.74) is 13.4. The quantitative estimate of drug-likeness (QED) is 0.387. The number of ether oxygens (including phenoxy) is 1. The minimum atomic E-state index is -1.20. The number of benzene rings is 2. The molecule has 0 saturated heterocycles. The summed E-state index contributed by atoms with van der Waals surface area (Å²) in [6, 6.07) is 9.56. The van der Waals surface area contributed by atoms with Crippen LogP contribution >= 0.6 is 11.5 Å². The molecule has 0 aliphatic carbocycles. The number of nitrogens with one attached hydrogen (secondary N) is 1. The number of methoxy groups -OCH3 is 1. The molecule has 0 saturated carbocycles.